The molecule has 0 aliphatic carbocycles. The minimum Gasteiger partial charge on any atom is -0.383 e. The average molecular weight is 365 g/mol. The highest BCUT2D eigenvalue weighted by atomic mass is 35.5. The molecule has 2 aromatic rings. The lowest BCUT2D eigenvalue weighted by molar-refractivity contribution is -0.126. The Morgan fingerprint density at radius 3 is 2.58 bits per heavy atom. The van der Waals surface area contributed by atoms with Gasteiger partial charge in [0.25, 0.3) is 5.91 Å². The van der Waals surface area contributed by atoms with E-state index in [0.29, 0.717) is 15.7 Å². The Kier molecular flexibility index (Phi) is 6.64. The zero-order chi connectivity index (χ0) is 17.5. The van der Waals surface area contributed by atoms with Crippen LogP contribution in [-0.4, -0.2) is 18.2 Å². The van der Waals surface area contributed by atoms with E-state index >= 15 is 0 Å². The molecule has 2 aromatic carbocycles. The molecule has 0 spiro atoms. The molecule has 0 unspecified atom stereocenters. The summed E-state index contributed by atoms with van der Waals surface area (Å²) in [4.78, 5) is 17.3. The van der Waals surface area contributed by atoms with E-state index in [4.69, 9.17) is 28.0 Å². The van der Waals surface area contributed by atoms with Crippen LogP contribution in [0.3, 0.4) is 0 Å². The van der Waals surface area contributed by atoms with Crippen LogP contribution in [0.4, 0.5) is 5.69 Å². The Labute approximate surface area is 151 Å². The van der Waals surface area contributed by atoms with Crippen LogP contribution >= 0.6 is 23.2 Å². The van der Waals surface area contributed by atoms with Crippen molar-refractivity contribution in [2.45, 2.75) is 26.4 Å². The van der Waals surface area contributed by atoms with E-state index in [1.54, 1.807) is 31.3 Å². The number of nitrogens with zero attached hydrogens (tertiary/aromatic N) is 1. The van der Waals surface area contributed by atoms with E-state index in [9.17, 15) is 4.79 Å². The first-order valence-electron chi connectivity index (χ1n) is 7.53. The molecule has 24 heavy (non-hydrogen) atoms. The Bertz CT molecular complexity index is 730. The number of carbonyl (C=O) groups is 1. The maximum absolute atomic E-state index is 12.1. The zero-order valence-electron chi connectivity index (χ0n) is 13.4. The number of rotatable bonds is 6. The van der Waals surface area contributed by atoms with Crippen molar-refractivity contribution >= 4 is 41.0 Å². The van der Waals surface area contributed by atoms with Gasteiger partial charge < -0.3 is 10.2 Å². The minimum absolute atomic E-state index is 0.349. The summed E-state index contributed by atoms with van der Waals surface area (Å²) >= 11 is 11.8. The first-order chi connectivity index (χ1) is 11.5. The maximum atomic E-state index is 12.1. The van der Waals surface area contributed by atoms with Crippen molar-refractivity contribution in [3.63, 3.8) is 0 Å². The molecule has 0 aliphatic heterocycles. The van der Waals surface area contributed by atoms with Gasteiger partial charge >= 0.3 is 0 Å². The van der Waals surface area contributed by atoms with Gasteiger partial charge in [-0.1, -0.05) is 59.5 Å². The summed E-state index contributed by atoms with van der Waals surface area (Å²) in [5.41, 5.74) is 2.63. The number of amides is 1. The SMILES string of the molecule is CCc1ccc(/C=N\O[C@@H](C)C(=O)Nc2ccc(Cl)cc2Cl)cc1. The molecule has 0 saturated heterocycles. The number of aryl methyl sites for hydroxylation is 1. The fourth-order valence-corrected chi connectivity index (χ4v) is 2.35. The normalized spacial score (nSPS) is 12.2. The number of carbonyl (C=O) groups excluding carboxylic acids is 1. The highest BCUT2D eigenvalue weighted by Crippen LogP contribution is 2.25. The number of halogens is 2. The van der Waals surface area contributed by atoms with E-state index in [-0.39, 0.29) is 5.91 Å². The van der Waals surface area contributed by atoms with E-state index < -0.39 is 6.10 Å². The van der Waals surface area contributed by atoms with Crippen molar-refractivity contribution in [2.75, 3.05) is 5.32 Å². The van der Waals surface area contributed by atoms with Gasteiger partial charge in [-0.15, -0.1) is 0 Å². The van der Waals surface area contributed by atoms with E-state index in [0.717, 1.165) is 12.0 Å². The van der Waals surface area contributed by atoms with E-state index in [2.05, 4.69) is 17.4 Å². The van der Waals surface area contributed by atoms with Gasteiger partial charge in [-0.25, -0.2) is 0 Å². The fourth-order valence-electron chi connectivity index (χ4n) is 1.90. The van der Waals surface area contributed by atoms with Gasteiger partial charge in [-0.2, -0.15) is 0 Å². The molecule has 1 N–H and O–H groups in total. The predicted molar refractivity (Wildman–Crippen MR) is 99.1 cm³/mol. The van der Waals surface area contributed by atoms with Crippen LogP contribution in [0.2, 0.25) is 10.0 Å². The Balaban J connectivity index is 1.89. The Morgan fingerprint density at radius 1 is 1.25 bits per heavy atom. The van der Waals surface area contributed by atoms with Crippen LogP contribution in [0.25, 0.3) is 0 Å². The molecule has 6 heteroatoms. The molecule has 0 fully saturated rings. The molecule has 2 rings (SSSR count). The molecular weight excluding hydrogens is 347 g/mol. The number of nitrogens with one attached hydrogen (secondary N) is 1. The lowest BCUT2D eigenvalue weighted by Gasteiger charge is -2.11. The lowest BCUT2D eigenvalue weighted by Crippen LogP contribution is -2.26. The van der Waals surface area contributed by atoms with Crippen LogP contribution in [0.5, 0.6) is 0 Å². The van der Waals surface area contributed by atoms with Crippen molar-refractivity contribution in [3.8, 4) is 0 Å². The van der Waals surface area contributed by atoms with Crippen molar-refractivity contribution in [1.29, 1.82) is 0 Å². The van der Waals surface area contributed by atoms with Crippen LogP contribution in [0, 0.1) is 0 Å². The molecule has 0 saturated carbocycles. The van der Waals surface area contributed by atoms with Crippen molar-refractivity contribution < 1.29 is 9.63 Å². The molecule has 0 radical (unpaired) electrons. The summed E-state index contributed by atoms with van der Waals surface area (Å²) in [5, 5.41) is 7.39. The van der Waals surface area contributed by atoms with Gasteiger partial charge in [-0.3, -0.25) is 4.79 Å². The second-order valence-electron chi connectivity index (χ2n) is 5.19. The summed E-state index contributed by atoms with van der Waals surface area (Å²) in [5.74, 6) is -0.349. The van der Waals surface area contributed by atoms with Crippen LogP contribution in [0.1, 0.15) is 25.0 Å². The topological polar surface area (TPSA) is 50.7 Å². The summed E-state index contributed by atoms with van der Waals surface area (Å²) in [7, 11) is 0. The highest BCUT2D eigenvalue weighted by molar-refractivity contribution is 6.36. The average Bonchev–Trinajstić information content (AvgIpc) is 2.57. The van der Waals surface area contributed by atoms with E-state index in [1.165, 1.54) is 5.56 Å². The van der Waals surface area contributed by atoms with Gasteiger partial charge in [0.15, 0.2) is 0 Å². The third-order valence-corrected chi connectivity index (χ3v) is 3.91. The van der Waals surface area contributed by atoms with Crippen molar-refractivity contribution in [3.05, 3.63) is 63.6 Å². The number of hydrogen-bond acceptors (Lipinski definition) is 3. The Hall–Kier alpha value is -2.04. The number of benzene rings is 2. The third-order valence-electron chi connectivity index (χ3n) is 3.37. The molecule has 0 bridgehead atoms. The monoisotopic (exact) mass is 364 g/mol. The van der Waals surface area contributed by atoms with Crippen LogP contribution in [-0.2, 0) is 16.1 Å². The van der Waals surface area contributed by atoms with Gasteiger partial charge in [0.2, 0.25) is 6.10 Å². The Morgan fingerprint density at radius 2 is 1.96 bits per heavy atom. The van der Waals surface area contributed by atoms with Crippen molar-refractivity contribution in [2.24, 2.45) is 5.16 Å². The lowest BCUT2D eigenvalue weighted by atomic mass is 10.1. The third kappa shape index (κ3) is 5.25. The van der Waals surface area contributed by atoms with Gasteiger partial charge in [-0.05, 0) is 42.7 Å². The second-order valence-corrected chi connectivity index (χ2v) is 6.03. The highest BCUT2D eigenvalue weighted by Gasteiger charge is 2.15. The van der Waals surface area contributed by atoms with Crippen molar-refractivity contribution in [1.82, 2.24) is 0 Å². The van der Waals surface area contributed by atoms with Crippen LogP contribution in [0.15, 0.2) is 47.6 Å². The summed E-state index contributed by atoms with van der Waals surface area (Å²) < 4.78 is 0. The number of anilines is 1. The quantitative estimate of drug-likeness (QED) is 0.583. The molecule has 0 heterocycles. The summed E-state index contributed by atoms with van der Waals surface area (Å²) in [6.45, 7) is 3.70. The van der Waals surface area contributed by atoms with Gasteiger partial charge in [0, 0.05) is 5.02 Å². The first kappa shape index (κ1) is 18.3. The molecule has 0 aliphatic rings. The molecule has 1 amide bonds. The largest absolute Gasteiger partial charge is 0.383 e. The molecule has 1 atom stereocenters. The molecule has 0 aromatic heterocycles. The van der Waals surface area contributed by atoms with Gasteiger partial charge in [0.1, 0.15) is 0 Å². The first-order valence-corrected chi connectivity index (χ1v) is 8.29. The molecular formula is C18H18Cl2N2O2. The predicted octanol–water partition coefficient (Wildman–Crippen LogP) is 4.93. The van der Waals surface area contributed by atoms with Crippen LogP contribution < -0.4 is 5.32 Å². The second kappa shape index (κ2) is 8.71. The number of hydrogen-bond donors (Lipinski definition) is 1. The minimum atomic E-state index is -0.761. The molecule has 4 nitrogen and oxygen atoms in total. The summed E-state index contributed by atoms with van der Waals surface area (Å²) in [6, 6.07) is 12.8. The maximum Gasteiger partial charge on any atom is 0.268 e. The zero-order valence-corrected chi connectivity index (χ0v) is 14.9. The number of oxime groups is 1. The smallest absolute Gasteiger partial charge is 0.268 e. The summed E-state index contributed by atoms with van der Waals surface area (Å²) in [6.07, 6.45) is 1.79. The van der Waals surface area contributed by atoms with Gasteiger partial charge in [0.05, 0.1) is 16.9 Å². The fraction of sp³-hybridized carbons (Fsp3) is 0.222. The van der Waals surface area contributed by atoms with E-state index in [1.807, 2.05) is 24.3 Å². The molecule has 126 valence electrons. The standard InChI is InChI=1S/C18H18Cl2N2O2/c1-3-13-4-6-14(7-5-13)11-21-24-12(2)18(23)22-17-9-8-15(19)10-16(17)20/h4-12H,3H2,1-2H3,(H,22,23)/b21-11-/t12-/m0/s1.